The molecule has 2 aromatic carbocycles. The van der Waals surface area contributed by atoms with E-state index in [9.17, 15) is 16.8 Å². The second kappa shape index (κ2) is 7.75. The van der Waals surface area contributed by atoms with Crippen LogP contribution >= 0.6 is 0 Å². The average molecular weight is 424 g/mol. The summed E-state index contributed by atoms with van der Waals surface area (Å²) in [4.78, 5) is 2.11. The zero-order valence-electron chi connectivity index (χ0n) is 16.3. The molecule has 0 saturated carbocycles. The highest BCUT2D eigenvalue weighted by Crippen LogP contribution is 2.40. The van der Waals surface area contributed by atoms with Crippen LogP contribution in [0.25, 0.3) is 0 Å². The largest absolute Gasteiger partial charge is 0.494 e. The molecule has 0 radical (unpaired) electrons. The summed E-state index contributed by atoms with van der Waals surface area (Å²) in [7, 11) is -7.10. The van der Waals surface area contributed by atoms with Crippen molar-refractivity contribution in [3.8, 4) is 5.75 Å². The number of benzene rings is 2. The van der Waals surface area contributed by atoms with Gasteiger partial charge in [0.05, 0.1) is 28.1 Å². The maximum Gasteiger partial charge on any atom is 0.177 e. The van der Waals surface area contributed by atoms with Gasteiger partial charge in [0, 0.05) is 19.1 Å². The lowest BCUT2D eigenvalue weighted by Crippen LogP contribution is -2.24. The third kappa shape index (κ3) is 4.33. The van der Waals surface area contributed by atoms with E-state index in [1.54, 1.807) is 6.07 Å². The van der Waals surface area contributed by atoms with Crippen LogP contribution in [-0.2, 0) is 19.7 Å². The maximum absolute atomic E-state index is 12.4. The van der Waals surface area contributed by atoms with E-state index in [1.807, 2.05) is 31.2 Å². The first-order valence-corrected chi connectivity index (χ1v) is 12.9. The summed E-state index contributed by atoms with van der Waals surface area (Å²) < 4.78 is 54.1. The van der Waals surface area contributed by atoms with Gasteiger partial charge in [-0.15, -0.1) is 0 Å². The van der Waals surface area contributed by atoms with Gasteiger partial charge in [-0.1, -0.05) is 12.1 Å². The summed E-state index contributed by atoms with van der Waals surface area (Å²) in [5.41, 5.74) is 1.62. The summed E-state index contributed by atoms with van der Waals surface area (Å²) in [5.74, 6) is 0.796. The van der Waals surface area contributed by atoms with E-state index in [0.29, 0.717) is 18.8 Å². The van der Waals surface area contributed by atoms with Gasteiger partial charge < -0.3 is 9.64 Å². The van der Waals surface area contributed by atoms with Gasteiger partial charge in [0.1, 0.15) is 5.75 Å². The number of nitrogens with zero attached hydrogens (tertiary/aromatic N) is 1. The standard InChI is InChI=1S/C20H25NO5S2/c1-4-26-16-9-7-15(8-10-16)18-6-5-13-21(18)19-12-11-17(27(2,22)23)14-20(19)28(3,24)25/h7-12,14,18H,4-6,13H2,1-3H3. The quantitative estimate of drug-likeness (QED) is 0.710. The Kier molecular flexibility index (Phi) is 5.72. The Bertz CT molecular complexity index is 1060. The molecule has 152 valence electrons. The lowest BCUT2D eigenvalue weighted by molar-refractivity contribution is 0.340. The number of hydrogen-bond donors (Lipinski definition) is 0. The molecule has 1 aliphatic rings. The van der Waals surface area contributed by atoms with Crippen molar-refractivity contribution in [1.29, 1.82) is 0 Å². The zero-order valence-corrected chi connectivity index (χ0v) is 17.9. The first-order chi connectivity index (χ1) is 13.1. The first kappa shape index (κ1) is 20.7. The van der Waals surface area contributed by atoms with Gasteiger partial charge in [-0.2, -0.15) is 0 Å². The van der Waals surface area contributed by atoms with E-state index in [1.165, 1.54) is 12.1 Å². The van der Waals surface area contributed by atoms with Crippen molar-refractivity contribution in [2.24, 2.45) is 0 Å². The van der Waals surface area contributed by atoms with Crippen LogP contribution in [0.3, 0.4) is 0 Å². The van der Waals surface area contributed by atoms with Crippen LogP contribution in [0.4, 0.5) is 5.69 Å². The highest BCUT2D eigenvalue weighted by atomic mass is 32.2. The summed E-state index contributed by atoms with van der Waals surface area (Å²) in [6.45, 7) is 3.23. The lowest BCUT2D eigenvalue weighted by atomic mass is 10.0. The van der Waals surface area contributed by atoms with E-state index in [4.69, 9.17) is 4.74 Å². The number of sulfone groups is 2. The molecule has 1 heterocycles. The van der Waals surface area contributed by atoms with Crippen LogP contribution in [0.5, 0.6) is 5.75 Å². The van der Waals surface area contributed by atoms with Crippen molar-refractivity contribution in [2.75, 3.05) is 30.6 Å². The van der Waals surface area contributed by atoms with E-state index in [-0.39, 0.29) is 15.8 Å². The van der Waals surface area contributed by atoms with Crippen molar-refractivity contribution >= 4 is 25.4 Å². The molecule has 0 aromatic heterocycles. The molecule has 1 aliphatic heterocycles. The van der Waals surface area contributed by atoms with Gasteiger partial charge in [-0.05, 0) is 55.7 Å². The Morgan fingerprint density at radius 3 is 2.25 bits per heavy atom. The molecule has 1 saturated heterocycles. The average Bonchev–Trinajstić information content (AvgIpc) is 3.10. The van der Waals surface area contributed by atoms with Crippen LogP contribution in [0.1, 0.15) is 31.4 Å². The monoisotopic (exact) mass is 423 g/mol. The minimum absolute atomic E-state index is 0.00786. The molecule has 28 heavy (non-hydrogen) atoms. The van der Waals surface area contributed by atoms with Crippen molar-refractivity contribution in [1.82, 2.24) is 0 Å². The fraction of sp³-hybridized carbons (Fsp3) is 0.400. The Morgan fingerprint density at radius 2 is 1.68 bits per heavy atom. The first-order valence-electron chi connectivity index (χ1n) is 9.15. The number of hydrogen-bond acceptors (Lipinski definition) is 6. The molecule has 1 atom stereocenters. The molecule has 3 rings (SSSR count). The van der Waals surface area contributed by atoms with E-state index >= 15 is 0 Å². The molecule has 6 nitrogen and oxygen atoms in total. The van der Waals surface area contributed by atoms with Crippen molar-refractivity contribution in [3.63, 3.8) is 0 Å². The third-order valence-electron chi connectivity index (χ3n) is 4.90. The molecule has 0 bridgehead atoms. The Labute approximate surface area is 167 Å². The van der Waals surface area contributed by atoms with Crippen LogP contribution in [0, 0.1) is 0 Å². The van der Waals surface area contributed by atoms with Crippen molar-refractivity contribution < 1.29 is 21.6 Å². The van der Waals surface area contributed by atoms with Crippen LogP contribution in [0.15, 0.2) is 52.3 Å². The zero-order chi connectivity index (χ0) is 20.5. The molecule has 0 spiro atoms. The maximum atomic E-state index is 12.4. The number of rotatable bonds is 6. The SMILES string of the molecule is CCOc1ccc(C2CCCN2c2ccc(S(C)(=O)=O)cc2S(C)(=O)=O)cc1. The summed E-state index contributed by atoms with van der Waals surface area (Å²) in [6.07, 6.45) is 4.01. The Balaban J connectivity index is 2.04. The molecule has 1 unspecified atom stereocenters. The second-order valence-corrected chi connectivity index (χ2v) is 11.0. The summed E-state index contributed by atoms with van der Waals surface area (Å²) in [5, 5.41) is 0. The van der Waals surface area contributed by atoms with Crippen molar-refractivity contribution in [2.45, 2.75) is 35.6 Å². The van der Waals surface area contributed by atoms with Gasteiger partial charge in [-0.3, -0.25) is 0 Å². The van der Waals surface area contributed by atoms with E-state index < -0.39 is 19.7 Å². The fourth-order valence-electron chi connectivity index (χ4n) is 3.61. The predicted octanol–water partition coefficient (Wildman–Crippen LogP) is 3.23. The van der Waals surface area contributed by atoms with Gasteiger partial charge in [0.25, 0.3) is 0 Å². The molecule has 0 amide bonds. The minimum atomic E-state index is -3.60. The van der Waals surface area contributed by atoms with Crippen LogP contribution in [-0.4, -0.2) is 42.5 Å². The third-order valence-corrected chi connectivity index (χ3v) is 7.13. The predicted molar refractivity (Wildman–Crippen MR) is 110 cm³/mol. The van der Waals surface area contributed by atoms with E-state index in [2.05, 4.69) is 4.90 Å². The molecule has 2 aromatic rings. The number of anilines is 1. The Morgan fingerprint density at radius 1 is 1.00 bits per heavy atom. The molecular weight excluding hydrogens is 398 g/mol. The molecule has 0 N–H and O–H groups in total. The summed E-state index contributed by atoms with van der Waals surface area (Å²) >= 11 is 0. The topological polar surface area (TPSA) is 80.8 Å². The summed E-state index contributed by atoms with van der Waals surface area (Å²) in [6, 6.07) is 12.2. The molecular formula is C20H25NO5S2. The highest BCUT2D eigenvalue weighted by Gasteiger charge is 2.30. The van der Waals surface area contributed by atoms with Gasteiger partial charge in [-0.25, -0.2) is 16.8 Å². The molecule has 0 aliphatic carbocycles. The Hall–Kier alpha value is -2.06. The van der Waals surface area contributed by atoms with Gasteiger partial charge in [0.2, 0.25) is 0 Å². The normalized spacial score (nSPS) is 17.7. The number of ether oxygens (including phenoxy) is 1. The van der Waals surface area contributed by atoms with Crippen LogP contribution in [0.2, 0.25) is 0 Å². The molecule has 1 fully saturated rings. The van der Waals surface area contributed by atoms with Crippen molar-refractivity contribution in [3.05, 3.63) is 48.0 Å². The van der Waals surface area contributed by atoms with E-state index in [0.717, 1.165) is 36.7 Å². The minimum Gasteiger partial charge on any atom is -0.494 e. The second-order valence-electron chi connectivity index (χ2n) is 7.03. The lowest BCUT2D eigenvalue weighted by Gasteiger charge is -2.29. The van der Waals surface area contributed by atoms with Crippen LogP contribution < -0.4 is 9.64 Å². The highest BCUT2D eigenvalue weighted by molar-refractivity contribution is 7.91. The smallest absolute Gasteiger partial charge is 0.177 e. The molecule has 8 heteroatoms. The van der Waals surface area contributed by atoms with Gasteiger partial charge in [0.15, 0.2) is 19.7 Å². The van der Waals surface area contributed by atoms with Gasteiger partial charge >= 0.3 is 0 Å². The fourth-order valence-corrected chi connectivity index (χ4v) is 5.24.